The molecule has 0 aliphatic carbocycles. The molecule has 0 aliphatic heterocycles. The molecule has 0 amide bonds. The average molecular weight is 534 g/mol. The number of nitrogens with zero attached hydrogens (tertiary/aromatic N) is 2. The second-order valence-corrected chi connectivity index (χ2v) is 11.1. The molecule has 210 valence electrons. The van der Waals surface area contributed by atoms with Gasteiger partial charge in [-0.3, -0.25) is 0 Å². The van der Waals surface area contributed by atoms with Crippen LogP contribution in [0.15, 0.2) is 30.3 Å². The van der Waals surface area contributed by atoms with Crippen molar-refractivity contribution >= 4 is 12.4 Å². The summed E-state index contributed by atoms with van der Waals surface area (Å²) in [5.41, 5.74) is 1.37. The molecule has 0 aliphatic rings. The largest absolute Gasteiger partial charge is 1.00 e. The SMILES string of the molecule is CCCCCCCCCC[N+](C)(C)CCCCCCCCCC.CN(C)Cc1ccccc1.Cl.[Cl-]. The predicted octanol–water partition coefficient (Wildman–Crippen LogP) is 6.52. The van der Waals surface area contributed by atoms with Gasteiger partial charge in [-0.05, 0) is 45.3 Å². The first kappa shape index (κ1) is 39.2. The fourth-order valence-corrected chi connectivity index (χ4v) is 4.41. The molecule has 4 heteroatoms. The topological polar surface area (TPSA) is 3.24 Å². The second-order valence-electron chi connectivity index (χ2n) is 11.1. The molecule has 0 bridgehead atoms. The highest BCUT2D eigenvalue weighted by molar-refractivity contribution is 5.85. The van der Waals surface area contributed by atoms with Gasteiger partial charge in [0.25, 0.3) is 0 Å². The van der Waals surface area contributed by atoms with E-state index in [1.54, 1.807) is 0 Å². The van der Waals surface area contributed by atoms with Crippen molar-refractivity contribution in [3.63, 3.8) is 0 Å². The Kier molecular flexibility index (Phi) is 31.7. The van der Waals surface area contributed by atoms with Gasteiger partial charge >= 0.3 is 0 Å². The van der Waals surface area contributed by atoms with Gasteiger partial charge in [-0.15, -0.1) is 12.4 Å². The van der Waals surface area contributed by atoms with Crippen LogP contribution in [0.1, 0.15) is 122 Å². The fourth-order valence-electron chi connectivity index (χ4n) is 4.41. The summed E-state index contributed by atoms with van der Waals surface area (Å²) < 4.78 is 1.24. The minimum absolute atomic E-state index is 0. The van der Waals surface area contributed by atoms with E-state index in [1.165, 1.54) is 126 Å². The van der Waals surface area contributed by atoms with Crippen LogP contribution in [0.25, 0.3) is 0 Å². The Morgan fingerprint density at radius 3 is 1.26 bits per heavy atom. The van der Waals surface area contributed by atoms with Crippen LogP contribution in [0, 0.1) is 0 Å². The molecule has 35 heavy (non-hydrogen) atoms. The fraction of sp³-hybridized carbons (Fsp3) is 0.806. The summed E-state index contributed by atoms with van der Waals surface area (Å²) in [4.78, 5) is 2.16. The zero-order valence-electron chi connectivity index (χ0n) is 24.5. The third-order valence-electron chi connectivity index (χ3n) is 6.58. The molecule has 0 radical (unpaired) electrons. The van der Waals surface area contributed by atoms with Crippen LogP contribution in [0.4, 0.5) is 0 Å². The van der Waals surface area contributed by atoms with Gasteiger partial charge in [-0.2, -0.15) is 0 Å². The number of halogens is 2. The van der Waals surface area contributed by atoms with E-state index in [-0.39, 0.29) is 24.8 Å². The number of unbranched alkanes of at least 4 members (excludes halogenated alkanes) is 14. The number of rotatable bonds is 20. The molecule has 0 fully saturated rings. The smallest absolute Gasteiger partial charge is 0.0782 e. The lowest BCUT2D eigenvalue weighted by Gasteiger charge is -2.30. The van der Waals surface area contributed by atoms with Crippen LogP contribution in [-0.2, 0) is 6.54 Å². The summed E-state index contributed by atoms with van der Waals surface area (Å²) in [6.45, 7) is 8.39. The van der Waals surface area contributed by atoms with E-state index >= 15 is 0 Å². The van der Waals surface area contributed by atoms with E-state index in [0.29, 0.717) is 0 Å². The molecule has 0 atom stereocenters. The molecule has 1 rings (SSSR count). The molecule has 0 spiro atoms. The van der Waals surface area contributed by atoms with E-state index in [4.69, 9.17) is 0 Å². The van der Waals surface area contributed by atoms with Crippen molar-refractivity contribution in [1.29, 1.82) is 0 Å². The summed E-state index contributed by atoms with van der Waals surface area (Å²) >= 11 is 0. The lowest BCUT2D eigenvalue weighted by molar-refractivity contribution is -0.890. The van der Waals surface area contributed by atoms with Crippen molar-refractivity contribution in [3.8, 4) is 0 Å². The first-order chi connectivity index (χ1) is 15.9. The molecule has 0 unspecified atom stereocenters. The molecule has 0 aromatic heterocycles. The molecule has 0 saturated carbocycles. The number of quaternary nitrogens is 1. The summed E-state index contributed by atoms with van der Waals surface area (Å²) in [5.74, 6) is 0. The standard InChI is InChI=1S/C22H48N.C9H13N.2ClH/c1-5-7-9-11-13-15-17-19-21-23(3,4)22-20-18-16-14-12-10-8-6-2;1-10(2)8-9-6-4-3-5-7-9;;/h5-22H2,1-4H3;3-7H,8H2,1-2H3;2*1H/q+1;;;/p-1. The first-order valence-corrected chi connectivity index (χ1v) is 14.4. The molecule has 0 heterocycles. The predicted molar refractivity (Wildman–Crippen MR) is 158 cm³/mol. The van der Waals surface area contributed by atoms with E-state index in [0.717, 1.165) is 6.54 Å². The quantitative estimate of drug-likeness (QED) is 0.136. The lowest BCUT2D eigenvalue weighted by atomic mass is 10.1. The Balaban J connectivity index is -0.000000715. The van der Waals surface area contributed by atoms with Crippen molar-refractivity contribution in [2.24, 2.45) is 0 Å². The van der Waals surface area contributed by atoms with E-state index in [9.17, 15) is 0 Å². The maximum absolute atomic E-state index is 2.43. The minimum Gasteiger partial charge on any atom is -1.00 e. The molecule has 0 saturated heterocycles. The number of hydrogen-bond donors (Lipinski definition) is 0. The van der Waals surface area contributed by atoms with Crippen molar-refractivity contribution in [2.75, 3.05) is 41.3 Å². The Bertz CT molecular complexity index is 484. The van der Waals surface area contributed by atoms with Crippen molar-refractivity contribution < 1.29 is 16.9 Å². The lowest BCUT2D eigenvalue weighted by Crippen LogP contribution is -3.00. The van der Waals surface area contributed by atoms with Gasteiger partial charge in [-0.25, -0.2) is 0 Å². The Morgan fingerprint density at radius 2 is 0.914 bits per heavy atom. The van der Waals surface area contributed by atoms with Gasteiger partial charge in [0.1, 0.15) is 0 Å². The van der Waals surface area contributed by atoms with Gasteiger partial charge in [0, 0.05) is 6.54 Å². The zero-order chi connectivity index (χ0) is 24.6. The highest BCUT2D eigenvalue weighted by Gasteiger charge is 2.13. The summed E-state index contributed by atoms with van der Waals surface area (Å²) in [6, 6.07) is 10.5. The van der Waals surface area contributed by atoms with Gasteiger partial charge < -0.3 is 21.8 Å². The maximum atomic E-state index is 2.43. The van der Waals surface area contributed by atoms with Gasteiger partial charge in [0.2, 0.25) is 0 Å². The van der Waals surface area contributed by atoms with E-state index in [2.05, 4.69) is 71.2 Å². The number of hydrogen-bond acceptors (Lipinski definition) is 1. The molecule has 1 aromatic carbocycles. The highest BCUT2D eigenvalue weighted by Crippen LogP contribution is 2.13. The van der Waals surface area contributed by atoms with Gasteiger partial charge in [0.05, 0.1) is 27.2 Å². The Morgan fingerprint density at radius 1 is 0.571 bits per heavy atom. The normalized spacial score (nSPS) is 10.8. The first-order valence-electron chi connectivity index (χ1n) is 14.4. The van der Waals surface area contributed by atoms with Crippen molar-refractivity contribution in [3.05, 3.63) is 35.9 Å². The molecule has 1 aromatic rings. The van der Waals surface area contributed by atoms with Crippen LogP contribution in [0.3, 0.4) is 0 Å². The van der Waals surface area contributed by atoms with Crippen LogP contribution in [0.2, 0.25) is 0 Å². The van der Waals surface area contributed by atoms with Gasteiger partial charge in [-0.1, -0.05) is 121 Å². The zero-order valence-corrected chi connectivity index (χ0v) is 26.1. The van der Waals surface area contributed by atoms with Crippen LogP contribution in [-0.4, -0.2) is 50.7 Å². The molecular weight excluding hydrogens is 471 g/mol. The third-order valence-corrected chi connectivity index (χ3v) is 6.58. The van der Waals surface area contributed by atoms with Gasteiger partial charge in [0.15, 0.2) is 0 Å². The molecule has 0 N–H and O–H groups in total. The maximum Gasteiger partial charge on any atom is 0.0782 e. The molecule has 2 nitrogen and oxygen atoms in total. The van der Waals surface area contributed by atoms with Crippen LogP contribution >= 0.6 is 12.4 Å². The summed E-state index contributed by atoms with van der Waals surface area (Å²) in [7, 11) is 9.02. The Hall–Kier alpha value is -0.280. The minimum atomic E-state index is 0. The van der Waals surface area contributed by atoms with Crippen LogP contribution in [0.5, 0.6) is 0 Å². The highest BCUT2D eigenvalue weighted by atomic mass is 35.5. The van der Waals surface area contributed by atoms with Crippen molar-refractivity contribution in [1.82, 2.24) is 4.90 Å². The van der Waals surface area contributed by atoms with Crippen molar-refractivity contribution in [2.45, 2.75) is 123 Å². The number of benzene rings is 1. The second kappa shape index (κ2) is 28.3. The molecular formula is C31H62Cl2N2. The van der Waals surface area contributed by atoms with E-state index < -0.39 is 0 Å². The average Bonchev–Trinajstić information content (AvgIpc) is 2.78. The summed E-state index contributed by atoms with van der Waals surface area (Å²) in [5, 5.41) is 0. The van der Waals surface area contributed by atoms with E-state index in [1.807, 2.05) is 6.07 Å². The van der Waals surface area contributed by atoms with Crippen LogP contribution < -0.4 is 12.4 Å². The third kappa shape index (κ3) is 29.8. The monoisotopic (exact) mass is 532 g/mol. The Labute approximate surface area is 234 Å². The summed E-state index contributed by atoms with van der Waals surface area (Å²) in [6.07, 6.45) is 23.0.